The number of carbonyl (C=O) groups is 2. The van der Waals surface area contributed by atoms with E-state index in [0.717, 1.165) is 4.57 Å². The fourth-order valence-electron chi connectivity index (χ4n) is 2.92. The van der Waals surface area contributed by atoms with Crippen LogP contribution in [0.4, 0.5) is 10.1 Å². The van der Waals surface area contributed by atoms with Crippen molar-refractivity contribution in [2.45, 2.75) is 20.4 Å². The van der Waals surface area contributed by atoms with Crippen LogP contribution in [0.2, 0.25) is 0 Å². The van der Waals surface area contributed by atoms with E-state index in [2.05, 4.69) is 15.6 Å². The lowest BCUT2D eigenvalue weighted by atomic mass is 10.2. The summed E-state index contributed by atoms with van der Waals surface area (Å²) in [7, 11) is 0. The van der Waals surface area contributed by atoms with E-state index in [1.807, 2.05) is 6.07 Å². The molecule has 2 aromatic carbocycles. The predicted molar refractivity (Wildman–Crippen MR) is 112 cm³/mol. The van der Waals surface area contributed by atoms with Gasteiger partial charge in [-0.2, -0.15) is 0 Å². The Morgan fingerprint density at radius 3 is 2.53 bits per heavy atom. The van der Waals surface area contributed by atoms with Crippen molar-refractivity contribution >= 4 is 17.5 Å². The van der Waals surface area contributed by atoms with Gasteiger partial charge in [0.05, 0.1) is 5.69 Å². The third kappa shape index (κ3) is 4.60. The summed E-state index contributed by atoms with van der Waals surface area (Å²) in [5.41, 5.74) is 0.492. The van der Waals surface area contributed by atoms with Crippen molar-refractivity contribution in [2.24, 2.45) is 0 Å². The summed E-state index contributed by atoms with van der Waals surface area (Å²) >= 11 is 0. The fourth-order valence-corrected chi connectivity index (χ4v) is 2.92. The first-order chi connectivity index (χ1) is 14.4. The lowest BCUT2D eigenvalue weighted by Gasteiger charge is -2.14. The molecule has 3 rings (SSSR count). The van der Waals surface area contributed by atoms with Gasteiger partial charge in [0, 0.05) is 18.3 Å². The standard InChI is InChI=1S/C22H21FN4O3/c1-3-24-21(29)16-12-25-20(15-7-5-4-6-8-15)27(22(16)30)13-19(28)26-18-10-9-14(2)11-17(18)23/h4-12H,3,13H2,1-2H3,(H,24,29)(H,26,28). The number of nitrogens with zero attached hydrogens (tertiary/aromatic N) is 2. The maximum absolute atomic E-state index is 14.1. The third-order valence-electron chi connectivity index (χ3n) is 4.36. The molecule has 0 aliphatic heterocycles. The minimum atomic E-state index is -0.658. The molecular formula is C22H21FN4O3. The normalized spacial score (nSPS) is 10.5. The van der Waals surface area contributed by atoms with E-state index < -0.39 is 29.7 Å². The van der Waals surface area contributed by atoms with Crippen LogP contribution in [0.15, 0.2) is 59.5 Å². The number of amides is 2. The smallest absolute Gasteiger partial charge is 0.267 e. The Kier molecular flexibility index (Phi) is 6.36. The maximum Gasteiger partial charge on any atom is 0.267 e. The molecule has 2 N–H and O–H groups in total. The van der Waals surface area contributed by atoms with Gasteiger partial charge in [0.25, 0.3) is 11.5 Å². The molecular weight excluding hydrogens is 387 g/mol. The molecule has 0 atom stereocenters. The number of aromatic nitrogens is 2. The average Bonchev–Trinajstić information content (AvgIpc) is 2.72. The van der Waals surface area contributed by atoms with Gasteiger partial charge in [-0.3, -0.25) is 19.0 Å². The molecule has 0 unspecified atom stereocenters. The highest BCUT2D eigenvalue weighted by Crippen LogP contribution is 2.17. The monoisotopic (exact) mass is 408 g/mol. The molecule has 8 heteroatoms. The summed E-state index contributed by atoms with van der Waals surface area (Å²) in [5.74, 6) is -1.54. The van der Waals surface area contributed by atoms with Crippen LogP contribution in [0, 0.1) is 12.7 Å². The Labute approximate surface area is 172 Å². The second-order valence-electron chi connectivity index (χ2n) is 6.64. The number of rotatable bonds is 6. The molecule has 0 bridgehead atoms. The first-order valence-corrected chi connectivity index (χ1v) is 9.40. The van der Waals surface area contributed by atoms with Gasteiger partial charge in [-0.1, -0.05) is 36.4 Å². The van der Waals surface area contributed by atoms with Crippen LogP contribution in [0.5, 0.6) is 0 Å². The van der Waals surface area contributed by atoms with Crippen molar-refractivity contribution in [1.29, 1.82) is 0 Å². The molecule has 7 nitrogen and oxygen atoms in total. The largest absolute Gasteiger partial charge is 0.352 e. The van der Waals surface area contributed by atoms with E-state index in [9.17, 15) is 18.8 Å². The summed E-state index contributed by atoms with van der Waals surface area (Å²) < 4.78 is 15.2. The van der Waals surface area contributed by atoms with Gasteiger partial charge >= 0.3 is 0 Å². The van der Waals surface area contributed by atoms with E-state index in [-0.39, 0.29) is 17.1 Å². The van der Waals surface area contributed by atoms with E-state index in [1.54, 1.807) is 44.2 Å². The molecule has 0 aliphatic rings. The lowest BCUT2D eigenvalue weighted by molar-refractivity contribution is -0.116. The van der Waals surface area contributed by atoms with Crippen LogP contribution in [-0.4, -0.2) is 27.9 Å². The molecule has 0 radical (unpaired) electrons. The summed E-state index contributed by atoms with van der Waals surface area (Å²) in [6.07, 6.45) is 1.20. The molecule has 0 saturated heterocycles. The second kappa shape index (κ2) is 9.13. The molecule has 0 fully saturated rings. The molecule has 3 aromatic rings. The van der Waals surface area contributed by atoms with E-state index in [1.165, 1.54) is 18.3 Å². The quantitative estimate of drug-likeness (QED) is 0.656. The number of carbonyl (C=O) groups excluding carboxylic acids is 2. The van der Waals surface area contributed by atoms with Gasteiger partial charge in [0.2, 0.25) is 5.91 Å². The van der Waals surface area contributed by atoms with Crippen molar-refractivity contribution in [1.82, 2.24) is 14.9 Å². The van der Waals surface area contributed by atoms with Gasteiger partial charge in [0.15, 0.2) is 0 Å². The number of halogens is 1. The van der Waals surface area contributed by atoms with Crippen LogP contribution < -0.4 is 16.2 Å². The average molecular weight is 408 g/mol. The van der Waals surface area contributed by atoms with Crippen LogP contribution in [-0.2, 0) is 11.3 Å². The predicted octanol–water partition coefficient (Wildman–Crippen LogP) is 2.75. The van der Waals surface area contributed by atoms with Gasteiger partial charge in [-0.15, -0.1) is 0 Å². The summed E-state index contributed by atoms with van der Waals surface area (Å²) in [4.78, 5) is 42.0. The maximum atomic E-state index is 14.1. The van der Waals surface area contributed by atoms with E-state index >= 15 is 0 Å². The number of benzene rings is 2. The summed E-state index contributed by atoms with van der Waals surface area (Å²) in [6, 6.07) is 13.2. The zero-order valence-corrected chi connectivity index (χ0v) is 16.6. The number of anilines is 1. The first kappa shape index (κ1) is 20.9. The highest BCUT2D eigenvalue weighted by Gasteiger charge is 2.19. The van der Waals surface area contributed by atoms with E-state index in [4.69, 9.17) is 0 Å². The number of hydrogen-bond acceptors (Lipinski definition) is 4. The highest BCUT2D eigenvalue weighted by molar-refractivity contribution is 5.94. The minimum absolute atomic E-state index is 0.00718. The molecule has 1 aromatic heterocycles. The molecule has 30 heavy (non-hydrogen) atoms. The van der Waals surface area contributed by atoms with Gasteiger partial charge in [-0.05, 0) is 31.5 Å². The van der Waals surface area contributed by atoms with Crippen molar-refractivity contribution in [3.63, 3.8) is 0 Å². The fraction of sp³-hybridized carbons (Fsp3) is 0.182. The topological polar surface area (TPSA) is 93.1 Å². The van der Waals surface area contributed by atoms with E-state index in [0.29, 0.717) is 17.7 Å². The molecule has 0 aliphatic carbocycles. The Hall–Kier alpha value is -3.81. The minimum Gasteiger partial charge on any atom is -0.352 e. The third-order valence-corrected chi connectivity index (χ3v) is 4.36. The molecule has 0 spiro atoms. The van der Waals surface area contributed by atoms with Crippen LogP contribution in [0.25, 0.3) is 11.4 Å². The molecule has 0 saturated carbocycles. The van der Waals surface area contributed by atoms with Gasteiger partial charge < -0.3 is 10.6 Å². The first-order valence-electron chi connectivity index (χ1n) is 9.40. The van der Waals surface area contributed by atoms with Gasteiger partial charge in [-0.25, -0.2) is 9.37 Å². The highest BCUT2D eigenvalue weighted by atomic mass is 19.1. The molecule has 1 heterocycles. The van der Waals surface area contributed by atoms with Crippen LogP contribution >= 0.6 is 0 Å². The van der Waals surface area contributed by atoms with Crippen LogP contribution in [0.1, 0.15) is 22.8 Å². The van der Waals surface area contributed by atoms with Crippen LogP contribution in [0.3, 0.4) is 0 Å². The number of aryl methyl sites for hydroxylation is 1. The molecule has 2 amide bonds. The summed E-state index contributed by atoms with van der Waals surface area (Å²) in [6.45, 7) is 3.37. The Bertz CT molecular complexity index is 1140. The Morgan fingerprint density at radius 1 is 1.13 bits per heavy atom. The lowest BCUT2D eigenvalue weighted by Crippen LogP contribution is -2.36. The van der Waals surface area contributed by atoms with Crippen molar-refractivity contribution in [2.75, 3.05) is 11.9 Å². The van der Waals surface area contributed by atoms with Crippen molar-refractivity contribution < 1.29 is 14.0 Å². The van der Waals surface area contributed by atoms with Gasteiger partial charge in [0.1, 0.15) is 23.7 Å². The zero-order valence-electron chi connectivity index (χ0n) is 16.6. The summed E-state index contributed by atoms with van der Waals surface area (Å²) in [5, 5.41) is 5.02. The number of nitrogens with one attached hydrogen (secondary N) is 2. The Morgan fingerprint density at radius 2 is 1.87 bits per heavy atom. The number of hydrogen-bond donors (Lipinski definition) is 2. The zero-order chi connectivity index (χ0) is 21.7. The SMILES string of the molecule is CCNC(=O)c1cnc(-c2ccccc2)n(CC(=O)Nc2ccc(C)cc2F)c1=O. The van der Waals surface area contributed by atoms with Crippen molar-refractivity contribution in [3.05, 3.63) is 82.0 Å². The molecule has 154 valence electrons. The Balaban J connectivity index is 1.99. The second-order valence-corrected chi connectivity index (χ2v) is 6.64. The van der Waals surface area contributed by atoms with Crippen molar-refractivity contribution in [3.8, 4) is 11.4 Å².